The van der Waals surface area contributed by atoms with E-state index in [1.165, 1.54) is 12.8 Å². The molecular weight excluding hydrogens is 279 g/mol. The first kappa shape index (κ1) is 14.8. The Kier molecular flexibility index (Phi) is 3.70. The second-order valence-electron chi connectivity index (χ2n) is 6.07. The zero-order chi connectivity index (χ0) is 15.2. The summed E-state index contributed by atoms with van der Waals surface area (Å²) >= 11 is 1.80. The van der Waals surface area contributed by atoms with E-state index < -0.39 is 0 Å². The Hall–Kier alpha value is -1.14. The monoisotopic (exact) mass is 300 g/mol. The van der Waals surface area contributed by atoms with Crippen LogP contribution in [0.2, 0.25) is 0 Å². The number of hydrogen-bond acceptors (Lipinski definition) is 4. The van der Waals surface area contributed by atoms with Gasteiger partial charge in [0, 0.05) is 30.9 Å². The molecule has 2 aliphatic rings. The zero-order valence-electron chi connectivity index (χ0n) is 12.6. The maximum absolute atomic E-state index is 8.67. The van der Waals surface area contributed by atoms with Crippen LogP contribution < -0.4 is 11.2 Å². The molecule has 21 heavy (non-hydrogen) atoms. The van der Waals surface area contributed by atoms with Crippen molar-refractivity contribution in [3.63, 3.8) is 0 Å². The number of piperazine rings is 1. The maximum atomic E-state index is 8.67. The van der Waals surface area contributed by atoms with Crippen molar-refractivity contribution in [2.75, 3.05) is 31.6 Å². The van der Waals surface area contributed by atoms with Gasteiger partial charge in [0.1, 0.15) is 13.7 Å². The minimum Gasteiger partial charge on any atom is -0.398 e. The number of aryl methyl sites for hydroxylation is 1. The van der Waals surface area contributed by atoms with E-state index in [0.29, 0.717) is 17.0 Å². The van der Waals surface area contributed by atoms with E-state index in [2.05, 4.69) is 15.5 Å². The van der Waals surface area contributed by atoms with Crippen molar-refractivity contribution in [2.45, 2.75) is 25.3 Å². The summed E-state index contributed by atoms with van der Waals surface area (Å²) in [6.45, 7) is 4.89. The Labute approximate surface area is 132 Å². The standard InChI is InChI=1S/C15H21BN4S/c1-10-7-11(16)8-12(17)13(10)14(18)20-6-5-19(21-2)9-15(20)3-4-15/h7-8,18H,3-6,9,17H2,1-2H3. The molecular formula is C15H21BN4S. The molecule has 1 saturated heterocycles. The fourth-order valence-electron chi connectivity index (χ4n) is 3.32. The van der Waals surface area contributed by atoms with E-state index in [-0.39, 0.29) is 5.54 Å². The van der Waals surface area contributed by atoms with E-state index in [0.717, 1.165) is 30.8 Å². The molecule has 0 bridgehead atoms. The fraction of sp³-hybridized carbons (Fsp3) is 0.533. The smallest absolute Gasteiger partial charge is 0.130 e. The molecule has 0 atom stereocenters. The number of benzene rings is 1. The van der Waals surface area contributed by atoms with Gasteiger partial charge in [-0.05, 0) is 37.7 Å². The van der Waals surface area contributed by atoms with Crippen LogP contribution in [-0.4, -0.2) is 54.3 Å². The summed E-state index contributed by atoms with van der Waals surface area (Å²) in [6.07, 6.45) is 4.46. The first-order valence-corrected chi connectivity index (χ1v) is 8.46. The highest BCUT2D eigenvalue weighted by Crippen LogP contribution is 2.46. The van der Waals surface area contributed by atoms with Crippen molar-refractivity contribution < 1.29 is 0 Å². The summed E-state index contributed by atoms with van der Waals surface area (Å²) in [5.74, 6) is 0.559. The Bertz CT molecular complexity index is 562. The molecule has 1 aliphatic heterocycles. The molecule has 2 radical (unpaired) electrons. The second-order valence-corrected chi connectivity index (χ2v) is 6.95. The Balaban J connectivity index is 1.90. The van der Waals surface area contributed by atoms with Gasteiger partial charge in [0.15, 0.2) is 0 Å². The molecule has 1 spiro atoms. The average molecular weight is 300 g/mol. The van der Waals surface area contributed by atoms with Gasteiger partial charge in [-0.2, -0.15) is 0 Å². The lowest BCUT2D eigenvalue weighted by Gasteiger charge is -2.43. The fourth-order valence-corrected chi connectivity index (χ4v) is 3.95. The SMILES string of the molecule is [B]c1cc(C)c(C(=N)N2CCN(SC)CC23CC3)c(N)c1. The third-order valence-corrected chi connectivity index (χ3v) is 5.42. The van der Waals surface area contributed by atoms with Crippen molar-refractivity contribution >= 4 is 36.8 Å². The minimum atomic E-state index is 0.151. The topological polar surface area (TPSA) is 56.4 Å². The molecule has 1 saturated carbocycles. The number of anilines is 1. The predicted molar refractivity (Wildman–Crippen MR) is 91.6 cm³/mol. The Morgan fingerprint density at radius 2 is 2.10 bits per heavy atom. The molecule has 110 valence electrons. The van der Waals surface area contributed by atoms with Gasteiger partial charge in [0.25, 0.3) is 0 Å². The van der Waals surface area contributed by atoms with Crippen LogP contribution in [0.15, 0.2) is 12.1 Å². The van der Waals surface area contributed by atoms with Crippen LogP contribution in [0.1, 0.15) is 24.0 Å². The Morgan fingerprint density at radius 1 is 1.38 bits per heavy atom. The van der Waals surface area contributed by atoms with Crippen molar-refractivity contribution in [3.05, 3.63) is 23.3 Å². The third-order valence-electron chi connectivity index (χ3n) is 4.60. The molecule has 0 unspecified atom stereocenters. The highest BCUT2D eigenvalue weighted by Gasteiger charge is 2.52. The van der Waals surface area contributed by atoms with Gasteiger partial charge < -0.3 is 10.6 Å². The molecule has 4 nitrogen and oxygen atoms in total. The predicted octanol–water partition coefficient (Wildman–Crippen LogP) is 1.12. The first-order valence-electron chi connectivity index (χ1n) is 7.28. The zero-order valence-corrected chi connectivity index (χ0v) is 13.5. The number of hydrogen-bond donors (Lipinski definition) is 2. The second kappa shape index (κ2) is 5.25. The number of nitrogens with two attached hydrogens (primary N) is 1. The maximum Gasteiger partial charge on any atom is 0.130 e. The van der Waals surface area contributed by atoms with Crippen molar-refractivity contribution in [2.24, 2.45) is 0 Å². The summed E-state index contributed by atoms with van der Waals surface area (Å²) in [6, 6.07) is 3.66. The van der Waals surface area contributed by atoms with Gasteiger partial charge in [0.05, 0.1) is 5.54 Å². The molecule has 1 aromatic rings. The number of nitrogens with zero attached hydrogens (tertiary/aromatic N) is 2. The van der Waals surface area contributed by atoms with Crippen molar-refractivity contribution in [3.8, 4) is 0 Å². The highest BCUT2D eigenvalue weighted by atomic mass is 32.2. The summed E-state index contributed by atoms with van der Waals surface area (Å²) in [4.78, 5) is 2.26. The normalized spacial score (nSPS) is 20.8. The third kappa shape index (κ3) is 2.55. The number of amidine groups is 1. The molecule has 1 aromatic carbocycles. The molecule has 0 amide bonds. The molecule has 3 rings (SSSR count). The molecule has 0 aromatic heterocycles. The minimum absolute atomic E-state index is 0.151. The van der Waals surface area contributed by atoms with Crippen LogP contribution in [0.4, 0.5) is 5.69 Å². The van der Waals surface area contributed by atoms with E-state index in [1.807, 2.05) is 13.0 Å². The van der Waals surface area contributed by atoms with E-state index in [1.54, 1.807) is 18.0 Å². The lowest BCUT2D eigenvalue weighted by Crippen LogP contribution is -2.55. The highest BCUT2D eigenvalue weighted by molar-refractivity contribution is 7.96. The van der Waals surface area contributed by atoms with Gasteiger partial charge in [-0.25, -0.2) is 4.31 Å². The molecule has 1 heterocycles. The summed E-state index contributed by atoms with van der Waals surface area (Å²) in [5, 5.41) is 8.67. The van der Waals surface area contributed by atoms with Crippen LogP contribution in [0.5, 0.6) is 0 Å². The largest absolute Gasteiger partial charge is 0.398 e. The molecule has 3 N–H and O–H groups in total. The van der Waals surface area contributed by atoms with Gasteiger partial charge >= 0.3 is 0 Å². The molecule has 1 aliphatic carbocycles. The number of nitrogens with one attached hydrogen (secondary N) is 1. The van der Waals surface area contributed by atoms with Crippen LogP contribution >= 0.6 is 11.9 Å². The summed E-state index contributed by atoms with van der Waals surface area (Å²) in [7, 11) is 5.84. The van der Waals surface area contributed by atoms with E-state index >= 15 is 0 Å². The first-order chi connectivity index (χ1) is 9.97. The van der Waals surface area contributed by atoms with Crippen LogP contribution in [0.25, 0.3) is 0 Å². The van der Waals surface area contributed by atoms with Gasteiger partial charge in [-0.1, -0.05) is 23.5 Å². The van der Waals surface area contributed by atoms with Gasteiger partial charge in [-0.3, -0.25) is 5.41 Å². The number of rotatable bonds is 2. The summed E-state index contributed by atoms with van der Waals surface area (Å²) < 4.78 is 2.40. The van der Waals surface area contributed by atoms with E-state index in [4.69, 9.17) is 19.0 Å². The van der Waals surface area contributed by atoms with Crippen molar-refractivity contribution in [1.82, 2.24) is 9.21 Å². The Morgan fingerprint density at radius 3 is 2.67 bits per heavy atom. The van der Waals surface area contributed by atoms with Gasteiger partial charge in [0.2, 0.25) is 0 Å². The molecule has 6 heteroatoms. The van der Waals surface area contributed by atoms with Crippen LogP contribution in [0, 0.1) is 12.3 Å². The lowest BCUT2D eigenvalue weighted by molar-refractivity contribution is 0.182. The quantitative estimate of drug-likeness (QED) is 0.283. The van der Waals surface area contributed by atoms with Crippen molar-refractivity contribution in [1.29, 1.82) is 5.41 Å². The number of nitrogen functional groups attached to an aromatic ring is 1. The lowest BCUT2D eigenvalue weighted by atomic mass is 9.90. The average Bonchev–Trinajstić information content (AvgIpc) is 3.17. The van der Waals surface area contributed by atoms with E-state index in [9.17, 15) is 0 Å². The summed E-state index contributed by atoms with van der Waals surface area (Å²) in [5.41, 5.74) is 9.38. The van der Waals surface area contributed by atoms with Crippen LogP contribution in [0.3, 0.4) is 0 Å². The molecule has 2 fully saturated rings. The van der Waals surface area contributed by atoms with Crippen LogP contribution in [-0.2, 0) is 0 Å². The van der Waals surface area contributed by atoms with Gasteiger partial charge in [-0.15, -0.1) is 0 Å².